The van der Waals surface area contributed by atoms with Crippen LogP contribution in [0.1, 0.15) is 19.8 Å². The molecule has 4 aliphatic heterocycles. The van der Waals surface area contributed by atoms with E-state index in [-0.39, 0.29) is 0 Å². The van der Waals surface area contributed by atoms with Crippen molar-refractivity contribution in [3.63, 3.8) is 0 Å². The maximum Gasteiger partial charge on any atom is 0.323 e. The lowest BCUT2D eigenvalue weighted by Gasteiger charge is -2.58. The quantitative estimate of drug-likeness (QED) is 0.372. The number of hydrogen-bond acceptors (Lipinski definition) is 2. The van der Waals surface area contributed by atoms with Crippen LogP contribution in [0.3, 0.4) is 0 Å². The number of hydrogen-bond donors (Lipinski definition) is 3. The zero-order chi connectivity index (χ0) is 16.1. The Hall–Kier alpha value is 0.0300. The highest BCUT2D eigenvalue weighted by molar-refractivity contribution is 7.57. The van der Waals surface area contributed by atoms with Crippen molar-refractivity contribution in [2.24, 2.45) is 0 Å². The van der Waals surface area contributed by atoms with E-state index in [0.717, 1.165) is 16.9 Å². The molecule has 4 saturated heterocycles. The Labute approximate surface area is 140 Å². The van der Waals surface area contributed by atoms with E-state index in [1.165, 1.54) is 65.2 Å². The number of quaternary nitrogens is 4. The van der Waals surface area contributed by atoms with Crippen molar-refractivity contribution in [3.8, 4) is 0 Å². The summed E-state index contributed by atoms with van der Waals surface area (Å²) in [5, 5.41) is 0. The highest BCUT2D eigenvalue weighted by Crippen LogP contribution is 2.46. The Morgan fingerprint density at radius 3 is 2.48 bits per heavy atom. The van der Waals surface area contributed by atoms with Gasteiger partial charge >= 0.3 is 12.3 Å². The van der Waals surface area contributed by atoms with E-state index in [1.807, 2.05) is 23.4 Å². The molecular formula is C16H35N4O2P+4. The Kier molecular flexibility index (Phi) is 4.36. The second-order valence-corrected chi connectivity index (χ2v) is 10.9. The van der Waals surface area contributed by atoms with Crippen LogP contribution in [0.2, 0.25) is 0 Å². The number of rotatable bonds is 4. The van der Waals surface area contributed by atoms with Gasteiger partial charge in [0, 0.05) is 19.5 Å². The van der Waals surface area contributed by atoms with E-state index in [4.69, 9.17) is 4.52 Å². The van der Waals surface area contributed by atoms with Crippen LogP contribution < -0.4 is 14.7 Å². The molecule has 0 spiro atoms. The van der Waals surface area contributed by atoms with Gasteiger partial charge in [-0.25, -0.2) is 0 Å². The molecule has 0 radical (unpaired) electrons. The standard InChI is InChI=1S/C16H32N4O2P/c1-3-22-23(2,21)14-20-12-5-8-19-10-9-17-6-4-7-18(11-13-20)15(17)16(19)20/h15-16H,3-14H2,1-2H3/q+1/p+3. The predicted molar refractivity (Wildman–Crippen MR) is 88.9 cm³/mol. The molecule has 4 aliphatic rings. The van der Waals surface area contributed by atoms with Crippen molar-refractivity contribution in [1.29, 1.82) is 0 Å². The first-order valence-electron chi connectivity index (χ1n) is 9.65. The maximum atomic E-state index is 13.0. The molecule has 7 atom stereocenters. The largest absolute Gasteiger partial charge is 0.325 e. The molecule has 0 aromatic carbocycles. The summed E-state index contributed by atoms with van der Waals surface area (Å²) in [7, 11) is -2.49. The van der Waals surface area contributed by atoms with Crippen LogP contribution in [0.4, 0.5) is 0 Å². The van der Waals surface area contributed by atoms with Crippen LogP contribution in [0.25, 0.3) is 0 Å². The van der Waals surface area contributed by atoms with Crippen molar-refractivity contribution < 1.29 is 28.3 Å². The predicted octanol–water partition coefficient (Wildman–Crippen LogP) is -3.15. The number of piperazine rings is 2. The van der Waals surface area contributed by atoms with Crippen molar-refractivity contribution in [1.82, 2.24) is 0 Å². The average Bonchev–Trinajstić information content (AvgIpc) is 2.52. The van der Waals surface area contributed by atoms with Gasteiger partial charge in [0.25, 0.3) is 7.37 Å². The van der Waals surface area contributed by atoms with Gasteiger partial charge in [-0.1, -0.05) is 0 Å². The summed E-state index contributed by atoms with van der Waals surface area (Å²) in [5.74, 6) is 0. The molecule has 4 rings (SSSR count). The van der Waals surface area contributed by atoms with Gasteiger partial charge in [-0.05, 0) is 6.92 Å². The lowest BCUT2D eigenvalue weighted by molar-refractivity contribution is -1.28. The fourth-order valence-corrected chi connectivity index (χ4v) is 8.37. The van der Waals surface area contributed by atoms with Crippen LogP contribution in [-0.2, 0) is 9.09 Å². The summed E-state index contributed by atoms with van der Waals surface area (Å²) < 4.78 is 19.8. The van der Waals surface area contributed by atoms with E-state index in [0.29, 0.717) is 12.8 Å². The van der Waals surface area contributed by atoms with E-state index in [9.17, 15) is 4.57 Å². The summed E-state index contributed by atoms with van der Waals surface area (Å²) in [6.07, 6.45) is 4.84. The molecule has 0 bridgehead atoms. The molecule has 0 aliphatic carbocycles. The average molecular weight is 346 g/mol. The molecule has 0 aromatic heterocycles. The Bertz CT molecular complexity index is 498. The Morgan fingerprint density at radius 2 is 1.70 bits per heavy atom. The summed E-state index contributed by atoms with van der Waals surface area (Å²) in [5.41, 5.74) is 0. The van der Waals surface area contributed by atoms with Gasteiger partial charge in [0.15, 0.2) is 6.29 Å². The van der Waals surface area contributed by atoms with Gasteiger partial charge in [-0.2, -0.15) is 0 Å². The zero-order valence-corrected chi connectivity index (χ0v) is 15.7. The molecule has 23 heavy (non-hydrogen) atoms. The third kappa shape index (κ3) is 2.82. The first kappa shape index (κ1) is 16.5. The molecular weight excluding hydrogens is 311 g/mol. The molecule has 0 amide bonds. The van der Waals surface area contributed by atoms with Crippen molar-refractivity contribution in [3.05, 3.63) is 0 Å². The third-order valence-electron chi connectivity index (χ3n) is 6.89. The molecule has 4 heterocycles. The molecule has 7 heteroatoms. The topological polar surface area (TPSA) is 39.6 Å². The van der Waals surface area contributed by atoms with Gasteiger partial charge in [-0.3, -0.25) is 23.7 Å². The van der Waals surface area contributed by atoms with Crippen LogP contribution in [0.5, 0.6) is 0 Å². The Balaban J connectivity index is 1.66. The lowest BCUT2D eigenvalue weighted by atomic mass is 9.98. The van der Waals surface area contributed by atoms with Crippen molar-refractivity contribution >= 4 is 7.37 Å². The highest BCUT2D eigenvalue weighted by atomic mass is 31.2. The van der Waals surface area contributed by atoms with Gasteiger partial charge in [-0.15, -0.1) is 0 Å². The molecule has 0 saturated carbocycles. The molecule has 7 unspecified atom stereocenters. The SMILES string of the molecule is CCOP(C)(=O)C[N+]12CCC[NH+]3CC[NH+]4CCC[NH+](CC1)C4C32. The van der Waals surface area contributed by atoms with E-state index >= 15 is 0 Å². The maximum absolute atomic E-state index is 13.0. The third-order valence-corrected chi connectivity index (χ3v) is 8.77. The number of nitrogens with one attached hydrogen (secondary N) is 3. The Morgan fingerprint density at radius 1 is 1.00 bits per heavy atom. The van der Waals surface area contributed by atoms with Gasteiger partial charge in [0.05, 0.1) is 32.8 Å². The second-order valence-electron chi connectivity index (χ2n) is 8.34. The zero-order valence-electron chi connectivity index (χ0n) is 14.9. The normalized spacial score (nSPS) is 48.3. The molecule has 0 aromatic rings. The molecule has 6 nitrogen and oxygen atoms in total. The first-order valence-corrected chi connectivity index (χ1v) is 11.9. The summed E-state index contributed by atoms with van der Waals surface area (Å²) in [4.78, 5) is 5.48. The van der Waals surface area contributed by atoms with Gasteiger partial charge < -0.3 is 4.52 Å². The second kappa shape index (κ2) is 6.08. The minimum atomic E-state index is -2.49. The lowest BCUT2D eigenvalue weighted by Crippen LogP contribution is -3.49. The minimum Gasteiger partial charge on any atom is -0.325 e. The van der Waals surface area contributed by atoms with E-state index in [1.54, 1.807) is 4.90 Å². The smallest absolute Gasteiger partial charge is 0.323 e. The van der Waals surface area contributed by atoms with E-state index < -0.39 is 7.37 Å². The monoisotopic (exact) mass is 346 g/mol. The molecule has 3 N–H and O–H groups in total. The van der Waals surface area contributed by atoms with Crippen molar-refractivity contribution in [2.75, 3.05) is 71.9 Å². The van der Waals surface area contributed by atoms with Gasteiger partial charge in [0.2, 0.25) is 0 Å². The summed E-state index contributed by atoms with van der Waals surface area (Å²) >= 11 is 0. The van der Waals surface area contributed by atoms with Gasteiger partial charge in [0.1, 0.15) is 26.2 Å². The minimum absolute atomic E-state index is 0.577. The first-order chi connectivity index (χ1) is 11.0. The van der Waals surface area contributed by atoms with Crippen LogP contribution >= 0.6 is 7.37 Å². The van der Waals surface area contributed by atoms with Crippen LogP contribution in [0, 0.1) is 0 Å². The summed E-state index contributed by atoms with van der Waals surface area (Å²) in [6, 6.07) is 0. The van der Waals surface area contributed by atoms with Crippen molar-refractivity contribution in [2.45, 2.75) is 32.1 Å². The highest BCUT2D eigenvalue weighted by Gasteiger charge is 2.66. The van der Waals surface area contributed by atoms with E-state index in [2.05, 4.69) is 0 Å². The fourth-order valence-electron chi connectivity index (χ4n) is 6.26. The van der Waals surface area contributed by atoms with Crippen LogP contribution in [0.15, 0.2) is 0 Å². The number of nitrogens with zero attached hydrogens (tertiary/aromatic N) is 1. The molecule has 132 valence electrons. The fraction of sp³-hybridized carbons (Fsp3) is 1.00. The summed E-state index contributed by atoms with van der Waals surface area (Å²) in [6.45, 7) is 14.8. The van der Waals surface area contributed by atoms with Crippen LogP contribution in [-0.4, -0.2) is 88.7 Å². The molecule has 4 fully saturated rings.